The van der Waals surface area contributed by atoms with Crippen molar-refractivity contribution in [1.29, 1.82) is 0 Å². The second-order valence-electron chi connectivity index (χ2n) is 3.43. The Balaban J connectivity index is 2.53. The van der Waals surface area contributed by atoms with Gasteiger partial charge in [-0.15, -0.1) is 5.10 Å². The van der Waals surface area contributed by atoms with Gasteiger partial charge < -0.3 is 11.1 Å². The van der Waals surface area contributed by atoms with E-state index in [4.69, 9.17) is 5.73 Å². The molecule has 0 aliphatic heterocycles. The van der Waals surface area contributed by atoms with Crippen LogP contribution >= 0.6 is 0 Å². The van der Waals surface area contributed by atoms with Gasteiger partial charge in [-0.1, -0.05) is 13.3 Å². The summed E-state index contributed by atoms with van der Waals surface area (Å²) < 4.78 is 0. The lowest BCUT2D eigenvalue weighted by atomic mass is 10.2. The molecule has 1 aromatic heterocycles. The van der Waals surface area contributed by atoms with Gasteiger partial charge in [0, 0.05) is 12.6 Å². The molecule has 1 unspecified atom stereocenters. The molecular weight excluding hydrogens is 176 g/mol. The van der Waals surface area contributed by atoms with Gasteiger partial charge in [0.15, 0.2) is 0 Å². The molecule has 4 nitrogen and oxygen atoms in total. The van der Waals surface area contributed by atoms with E-state index in [0.717, 1.165) is 24.4 Å². The van der Waals surface area contributed by atoms with Crippen molar-refractivity contribution < 1.29 is 0 Å². The summed E-state index contributed by atoms with van der Waals surface area (Å²) >= 11 is 0. The molecule has 1 heterocycles. The Kier molecular flexibility index (Phi) is 4.32. The average molecular weight is 194 g/mol. The van der Waals surface area contributed by atoms with Crippen molar-refractivity contribution in [2.45, 2.75) is 32.7 Å². The fourth-order valence-electron chi connectivity index (χ4n) is 1.28. The fourth-order valence-corrected chi connectivity index (χ4v) is 1.28. The number of hydrogen-bond donors (Lipinski definition) is 2. The maximum Gasteiger partial charge on any atom is 0.148 e. The highest BCUT2D eigenvalue weighted by Crippen LogP contribution is 2.06. The van der Waals surface area contributed by atoms with Crippen molar-refractivity contribution in [3.05, 3.63) is 17.8 Å². The van der Waals surface area contributed by atoms with Crippen molar-refractivity contribution in [3.63, 3.8) is 0 Å². The van der Waals surface area contributed by atoms with E-state index in [1.165, 1.54) is 0 Å². The van der Waals surface area contributed by atoms with E-state index < -0.39 is 0 Å². The largest absolute Gasteiger partial charge is 0.365 e. The van der Waals surface area contributed by atoms with E-state index in [2.05, 4.69) is 22.4 Å². The number of rotatable bonds is 5. The molecule has 1 atom stereocenters. The molecular formula is C10H18N4. The Morgan fingerprint density at radius 1 is 1.43 bits per heavy atom. The summed E-state index contributed by atoms with van der Waals surface area (Å²) in [5, 5.41) is 11.3. The summed E-state index contributed by atoms with van der Waals surface area (Å²) in [5.74, 6) is 0.805. The molecule has 0 aliphatic carbocycles. The van der Waals surface area contributed by atoms with Gasteiger partial charge in [0.2, 0.25) is 0 Å². The Bertz CT molecular complexity index is 257. The lowest BCUT2D eigenvalue weighted by Gasteiger charge is -2.15. The van der Waals surface area contributed by atoms with E-state index in [-0.39, 0.29) is 0 Å². The number of nitrogens with zero attached hydrogens (tertiary/aromatic N) is 2. The third-order valence-corrected chi connectivity index (χ3v) is 2.07. The zero-order valence-electron chi connectivity index (χ0n) is 8.83. The van der Waals surface area contributed by atoms with E-state index in [9.17, 15) is 0 Å². The summed E-state index contributed by atoms with van der Waals surface area (Å²) in [6, 6.07) is 4.17. The quantitative estimate of drug-likeness (QED) is 0.742. The molecule has 0 aliphatic rings. The Morgan fingerprint density at radius 2 is 2.21 bits per heavy atom. The highest BCUT2D eigenvalue weighted by Gasteiger charge is 2.05. The van der Waals surface area contributed by atoms with Crippen LogP contribution in [0.3, 0.4) is 0 Å². The highest BCUT2D eigenvalue weighted by molar-refractivity contribution is 5.34. The van der Waals surface area contributed by atoms with Gasteiger partial charge in [-0.25, -0.2) is 0 Å². The zero-order valence-corrected chi connectivity index (χ0v) is 8.83. The van der Waals surface area contributed by atoms with Crippen molar-refractivity contribution in [3.8, 4) is 0 Å². The zero-order chi connectivity index (χ0) is 10.4. The van der Waals surface area contributed by atoms with E-state index in [0.29, 0.717) is 12.6 Å². The molecule has 1 rings (SSSR count). The Hall–Kier alpha value is -1.16. The summed E-state index contributed by atoms with van der Waals surface area (Å²) in [5.41, 5.74) is 6.55. The number of aryl methyl sites for hydroxylation is 1. The van der Waals surface area contributed by atoms with Crippen molar-refractivity contribution >= 4 is 5.82 Å². The minimum Gasteiger partial charge on any atom is -0.365 e. The van der Waals surface area contributed by atoms with Gasteiger partial charge in [0.05, 0.1) is 5.69 Å². The molecule has 14 heavy (non-hydrogen) atoms. The number of nitrogens with one attached hydrogen (secondary N) is 1. The lowest BCUT2D eigenvalue weighted by molar-refractivity contribution is 0.644. The maximum atomic E-state index is 5.63. The number of hydrogen-bond acceptors (Lipinski definition) is 4. The minimum absolute atomic E-state index is 0.303. The third-order valence-electron chi connectivity index (χ3n) is 2.07. The SMILES string of the molecule is CCCC(CN)Nc1ccc(C)nn1. The van der Waals surface area contributed by atoms with Gasteiger partial charge in [0.25, 0.3) is 0 Å². The van der Waals surface area contributed by atoms with Crippen LogP contribution in [-0.4, -0.2) is 22.8 Å². The maximum absolute atomic E-state index is 5.63. The predicted molar refractivity (Wildman–Crippen MR) is 58.1 cm³/mol. The molecule has 0 spiro atoms. The molecule has 0 amide bonds. The molecule has 0 fully saturated rings. The molecule has 0 aromatic carbocycles. The Morgan fingerprint density at radius 3 is 2.71 bits per heavy atom. The van der Waals surface area contributed by atoms with Crippen LogP contribution < -0.4 is 11.1 Å². The van der Waals surface area contributed by atoms with Crippen LogP contribution in [0.4, 0.5) is 5.82 Å². The smallest absolute Gasteiger partial charge is 0.148 e. The third kappa shape index (κ3) is 3.30. The molecule has 4 heteroatoms. The second kappa shape index (κ2) is 5.54. The Labute approximate surface area is 84.9 Å². The molecule has 0 bridgehead atoms. The van der Waals surface area contributed by atoms with Crippen LogP contribution in [0.2, 0.25) is 0 Å². The van der Waals surface area contributed by atoms with Gasteiger partial charge in [-0.05, 0) is 25.5 Å². The van der Waals surface area contributed by atoms with Crippen LogP contribution in [-0.2, 0) is 0 Å². The average Bonchev–Trinajstić information content (AvgIpc) is 2.20. The van der Waals surface area contributed by atoms with Crippen LogP contribution in [0.1, 0.15) is 25.5 Å². The summed E-state index contributed by atoms with van der Waals surface area (Å²) in [7, 11) is 0. The van der Waals surface area contributed by atoms with Gasteiger partial charge >= 0.3 is 0 Å². The number of anilines is 1. The molecule has 0 saturated heterocycles. The van der Waals surface area contributed by atoms with E-state index >= 15 is 0 Å². The number of nitrogens with two attached hydrogens (primary N) is 1. The molecule has 3 N–H and O–H groups in total. The van der Waals surface area contributed by atoms with Gasteiger partial charge in [-0.3, -0.25) is 0 Å². The second-order valence-corrected chi connectivity index (χ2v) is 3.43. The van der Waals surface area contributed by atoms with Crippen LogP contribution in [0.5, 0.6) is 0 Å². The summed E-state index contributed by atoms with van der Waals surface area (Å²) in [4.78, 5) is 0. The first-order chi connectivity index (χ1) is 6.76. The van der Waals surface area contributed by atoms with Gasteiger partial charge in [-0.2, -0.15) is 5.10 Å². The minimum atomic E-state index is 0.303. The summed E-state index contributed by atoms with van der Waals surface area (Å²) in [6.45, 7) is 4.69. The standard InChI is InChI=1S/C10H18N4/c1-3-4-9(7-11)12-10-6-5-8(2)13-14-10/h5-6,9H,3-4,7,11H2,1-2H3,(H,12,14). The van der Waals surface area contributed by atoms with Gasteiger partial charge in [0.1, 0.15) is 5.82 Å². The van der Waals surface area contributed by atoms with Crippen molar-refractivity contribution in [2.75, 3.05) is 11.9 Å². The highest BCUT2D eigenvalue weighted by atomic mass is 15.2. The monoisotopic (exact) mass is 194 g/mol. The number of aromatic nitrogens is 2. The predicted octanol–water partition coefficient (Wildman–Crippen LogP) is 1.32. The normalized spacial score (nSPS) is 12.5. The first kappa shape index (κ1) is 10.9. The van der Waals surface area contributed by atoms with Crippen LogP contribution in [0.25, 0.3) is 0 Å². The molecule has 0 radical (unpaired) electrons. The topological polar surface area (TPSA) is 63.8 Å². The first-order valence-electron chi connectivity index (χ1n) is 5.03. The van der Waals surface area contributed by atoms with Crippen LogP contribution in [0.15, 0.2) is 12.1 Å². The van der Waals surface area contributed by atoms with E-state index in [1.807, 2.05) is 19.1 Å². The van der Waals surface area contributed by atoms with E-state index in [1.54, 1.807) is 0 Å². The summed E-state index contributed by atoms with van der Waals surface area (Å²) in [6.07, 6.45) is 2.18. The van der Waals surface area contributed by atoms with Crippen molar-refractivity contribution in [1.82, 2.24) is 10.2 Å². The molecule has 1 aromatic rings. The molecule has 78 valence electrons. The molecule has 0 saturated carbocycles. The lowest BCUT2D eigenvalue weighted by Crippen LogP contribution is -2.29. The van der Waals surface area contributed by atoms with Crippen LogP contribution in [0, 0.1) is 6.92 Å². The fraction of sp³-hybridized carbons (Fsp3) is 0.600. The van der Waals surface area contributed by atoms with Crippen molar-refractivity contribution in [2.24, 2.45) is 5.73 Å². The first-order valence-corrected chi connectivity index (χ1v) is 5.03.